The zero-order chi connectivity index (χ0) is 17.3. The van der Waals surface area contributed by atoms with Crippen LogP contribution in [0.4, 0.5) is 0 Å². The molecule has 3 rings (SSSR count). The van der Waals surface area contributed by atoms with E-state index in [0.29, 0.717) is 25.2 Å². The van der Waals surface area contributed by atoms with Crippen molar-refractivity contribution in [2.24, 2.45) is 5.92 Å². The Hall–Kier alpha value is -2.18. The number of likely N-dealkylation sites (tertiary alicyclic amines) is 1. The van der Waals surface area contributed by atoms with Gasteiger partial charge in [0.05, 0.1) is 18.4 Å². The Balaban J connectivity index is 1.77. The number of aryl methyl sites for hydroxylation is 2. The van der Waals surface area contributed by atoms with E-state index < -0.39 is 6.10 Å². The van der Waals surface area contributed by atoms with E-state index in [1.165, 1.54) is 11.1 Å². The predicted molar refractivity (Wildman–Crippen MR) is 90.6 cm³/mol. The third-order valence-electron chi connectivity index (χ3n) is 4.83. The van der Waals surface area contributed by atoms with Crippen LogP contribution >= 0.6 is 0 Å². The van der Waals surface area contributed by atoms with Gasteiger partial charge in [-0.3, -0.25) is 9.89 Å². The second-order valence-electron chi connectivity index (χ2n) is 6.52. The summed E-state index contributed by atoms with van der Waals surface area (Å²) in [5.41, 5.74) is 4.52. The summed E-state index contributed by atoms with van der Waals surface area (Å²) in [5.74, 6) is -0.437. The molecule has 2 heterocycles. The van der Waals surface area contributed by atoms with Crippen LogP contribution in [0.5, 0.6) is 0 Å². The van der Waals surface area contributed by atoms with Gasteiger partial charge in [-0.2, -0.15) is 5.10 Å². The van der Waals surface area contributed by atoms with E-state index in [1.54, 1.807) is 11.0 Å². The molecule has 0 aliphatic carbocycles. The number of amides is 1. The molecule has 1 aromatic heterocycles. The first-order valence-corrected chi connectivity index (χ1v) is 8.21. The maximum absolute atomic E-state index is 12.6. The van der Waals surface area contributed by atoms with Crippen LogP contribution in [0, 0.1) is 19.8 Å². The molecule has 0 radical (unpaired) electrons. The van der Waals surface area contributed by atoms with Crippen LogP contribution in [0.15, 0.2) is 24.3 Å². The summed E-state index contributed by atoms with van der Waals surface area (Å²) in [4.78, 5) is 14.3. The first-order valence-electron chi connectivity index (χ1n) is 8.21. The summed E-state index contributed by atoms with van der Waals surface area (Å²) in [5, 5.41) is 26.2. The molecule has 2 atom stereocenters. The molecule has 1 aromatic carbocycles. The molecule has 128 valence electrons. The van der Waals surface area contributed by atoms with E-state index in [-0.39, 0.29) is 18.4 Å². The second kappa shape index (κ2) is 6.75. The van der Waals surface area contributed by atoms with Crippen LogP contribution in [0.3, 0.4) is 0 Å². The van der Waals surface area contributed by atoms with E-state index in [9.17, 15) is 15.0 Å². The van der Waals surface area contributed by atoms with E-state index in [1.807, 2.05) is 19.1 Å². The molecule has 3 N–H and O–H groups in total. The monoisotopic (exact) mass is 329 g/mol. The lowest BCUT2D eigenvalue weighted by Gasteiger charge is -2.34. The average Bonchev–Trinajstić information content (AvgIpc) is 3.07. The number of piperidine rings is 1. The van der Waals surface area contributed by atoms with Gasteiger partial charge in [0.15, 0.2) is 0 Å². The quantitative estimate of drug-likeness (QED) is 0.796. The third kappa shape index (κ3) is 3.20. The van der Waals surface area contributed by atoms with Gasteiger partial charge in [-0.05, 0) is 43.5 Å². The zero-order valence-electron chi connectivity index (χ0n) is 14.0. The number of aromatic nitrogens is 2. The minimum absolute atomic E-state index is 0.123. The van der Waals surface area contributed by atoms with Crippen molar-refractivity contribution in [2.45, 2.75) is 26.4 Å². The fraction of sp³-hybridized carbons (Fsp3) is 0.444. The van der Waals surface area contributed by atoms with Crippen molar-refractivity contribution in [1.29, 1.82) is 0 Å². The summed E-state index contributed by atoms with van der Waals surface area (Å²) in [6.45, 7) is 4.82. The molecule has 1 aliphatic rings. The Bertz CT molecular complexity index is 741. The molecule has 0 saturated carbocycles. The molecule has 1 aliphatic heterocycles. The van der Waals surface area contributed by atoms with Crippen LogP contribution < -0.4 is 0 Å². The molecule has 1 amide bonds. The number of nitrogens with zero attached hydrogens (tertiary/aromatic N) is 2. The fourth-order valence-corrected chi connectivity index (χ4v) is 3.03. The fourth-order valence-electron chi connectivity index (χ4n) is 3.03. The maximum atomic E-state index is 12.6. The lowest BCUT2D eigenvalue weighted by Crippen LogP contribution is -2.47. The minimum Gasteiger partial charge on any atom is -0.396 e. The van der Waals surface area contributed by atoms with Crippen molar-refractivity contribution in [3.8, 4) is 11.3 Å². The van der Waals surface area contributed by atoms with Crippen LogP contribution in [0.1, 0.15) is 28.0 Å². The number of aliphatic hydroxyl groups excluding tert-OH is 2. The normalized spacial score (nSPS) is 21.1. The van der Waals surface area contributed by atoms with Crippen molar-refractivity contribution in [1.82, 2.24) is 15.1 Å². The standard InChI is InChI=1S/C18H23N3O3/c1-11-3-4-13(7-12(11)2)15-8-16(20-19-15)18(24)21-6-5-17(23)14(9-21)10-22/h3-4,7-8,14,17,22-23H,5-6,9-10H2,1-2H3,(H,19,20). The smallest absolute Gasteiger partial charge is 0.271 e. The molecule has 2 aromatic rings. The van der Waals surface area contributed by atoms with Crippen molar-refractivity contribution in [3.63, 3.8) is 0 Å². The molecular formula is C18H23N3O3. The first-order chi connectivity index (χ1) is 11.5. The molecule has 0 spiro atoms. The van der Waals surface area contributed by atoms with Gasteiger partial charge in [-0.1, -0.05) is 12.1 Å². The number of aliphatic hydroxyl groups is 2. The Morgan fingerprint density at radius 1 is 1.33 bits per heavy atom. The molecular weight excluding hydrogens is 306 g/mol. The Morgan fingerprint density at radius 2 is 2.12 bits per heavy atom. The molecule has 2 unspecified atom stereocenters. The Labute approximate surface area is 141 Å². The van der Waals surface area contributed by atoms with Crippen LogP contribution in [0.2, 0.25) is 0 Å². The van der Waals surface area contributed by atoms with Gasteiger partial charge in [-0.25, -0.2) is 0 Å². The van der Waals surface area contributed by atoms with Crippen molar-refractivity contribution < 1.29 is 15.0 Å². The maximum Gasteiger partial charge on any atom is 0.271 e. The van der Waals surface area contributed by atoms with Crippen molar-refractivity contribution in [3.05, 3.63) is 41.1 Å². The molecule has 6 heteroatoms. The predicted octanol–water partition coefficient (Wildman–Crippen LogP) is 1.51. The summed E-state index contributed by atoms with van der Waals surface area (Å²) in [7, 11) is 0. The van der Waals surface area contributed by atoms with E-state index in [4.69, 9.17) is 0 Å². The van der Waals surface area contributed by atoms with Crippen molar-refractivity contribution >= 4 is 5.91 Å². The number of rotatable bonds is 3. The minimum atomic E-state index is -0.549. The number of hydrogen-bond acceptors (Lipinski definition) is 4. The van der Waals surface area contributed by atoms with E-state index in [2.05, 4.69) is 23.2 Å². The highest BCUT2D eigenvalue weighted by atomic mass is 16.3. The van der Waals surface area contributed by atoms with Crippen LogP contribution in [-0.4, -0.2) is 57.0 Å². The van der Waals surface area contributed by atoms with Crippen LogP contribution in [0.25, 0.3) is 11.3 Å². The topological polar surface area (TPSA) is 89.5 Å². The van der Waals surface area contributed by atoms with E-state index >= 15 is 0 Å². The highest BCUT2D eigenvalue weighted by molar-refractivity contribution is 5.93. The van der Waals surface area contributed by atoms with Gasteiger partial charge in [-0.15, -0.1) is 0 Å². The lowest BCUT2D eigenvalue weighted by atomic mass is 9.95. The molecule has 1 fully saturated rings. The third-order valence-corrected chi connectivity index (χ3v) is 4.83. The molecule has 1 saturated heterocycles. The van der Waals surface area contributed by atoms with E-state index in [0.717, 1.165) is 11.3 Å². The lowest BCUT2D eigenvalue weighted by molar-refractivity contribution is 0.00323. The number of carbonyl (C=O) groups is 1. The highest BCUT2D eigenvalue weighted by Crippen LogP contribution is 2.23. The summed E-state index contributed by atoms with van der Waals surface area (Å²) < 4.78 is 0. The van der Waals surface area contributed by atoms with Gasteiger partial charge in [0.1, 0.15) is 5.69 Å². The van der Waals surface area contributed by atoms with Gasteiger partial charge in [0.25, 0.3) is 5.91 Å². The largest absolute Gasteiger partial charge is 0.396 e. The number of nitrogens with one attached hydrogen (secondary N) is 1. The summed E-state index contributed by atoms with van der Waals surface area (Å²) >= 11 is 0. The Morgan fingerprint density at radius 3 is 2.83 bits per heavy atom. The first kappa shape index (κ1) is 16.7. The second-order valence-corrected chi connectivity index (χ2v) is 6.52. The number of aromatic amines is 1. The highest BCUT2D eigenvalue weighted by Gasteiger charge is 2.30. The number of carbonyl (C=O) groups excluding carboxylic acids is 1. The van der Waals surface area contributed by atoms with Gasteiger partial charge >= 0.3 is 0 Å². The summed E-state index contributed by atoms with van der Waals surface area (Å²) in [6, 6.07) is 7.84. The number of H-pyrrole nitrogens is 1. The van der Waals surface area contributed by atoms with Gasteiger partial charge in [0.2, 0.25) is 0 Å². The zero-order valence-corrected chi connectivity index (χ0v) is 14.0. The van der Waals surface area contributed by atoms with Gasteiger partial charge in [0, 0.05) is 24.6 Å². The number of hydrogen-bond donors (Lipinski definition) is 3. The number of benzene rings is 1. The van der Waals surface area contributed by atoms with Crippen molar-refractivity contribution in [2.75, 3.05) is 19.7 Å². The molecule has 24 heavy (non-hydrogen) atoms. The Kier molecular flexibility index (Phi) is 4.69. The average molecular weight is 329 g/mol. The summed E-state index contributed by atoms with van der Waals surface area (Å²) in [6.07, 6.45) is -0.0679. The van der Waals surface area contributed by atoms with Gasteiger partial charge < -0.3 is 15.1 Å². The molecule has 6 nitrogen and oxygen atoms in total. The SMILES string of the molecule is Cc1ccc(-c2cc(C(=O)N3CCC(O)C(CO)C3)[nH]n2)cc1C. The molecule has 0 bridgehead atoms. The van der Waals surface area contributed by atoms with Crippen LogP contribution in [-0.2, 0) is 0 Å².